The fraction of sp³-hybridized carbons (Fsp3) is 0.179. The molecule has 0 fully saturated rings. The molecule has 188 valence electrons. The van der Waals surface area contributed by atoms with Crippen molar-refractivity contribution in [2.24, 2.45) is 0 Å². The summed E-state index contributed by atoms with van der Waals surface area (Å²) in [5, 5.41) is 9.81. The van der Waals surface area contributed by atoms with Gasteiger partial charge in [-0.15, -0.1) is 0 Å². The molecule has 0 saturated heterocycles. The van der Waals surface area contributed by atoms with Crippen molar-refractivity contribution in [2.75, 3.05) is 6.61 Å². The first-order valence-corrected chi connectivity index (χ1v) is 12.7. The summed E-state index contributed by atoms with van der Waals surface area (Å²) in [6, 6.07) is 23.6. The van der Waals surface area contributed by atoms with E-state index in [0.717, 1.165) is 26.9 Å². The second-order valence-corrected chi connectivity index (χ2v) is 9.31. The van der Waals surface area contributed by atoms with E-state index in [1.807, 2.05) is 90.3 Å². The van der Waals surface area contributed by atoms with E-state index in [1.54, 1.807) is 6.26 Å². The number of furan rings is 1. The van der Waals surface area contributed by atoms with Gasteiger partial charge in [0.15, 0.2) is 5.65 Å². The molecular weight excluding hydrogens is 490 g/mol. The van der Waals surface area contributed by atoms with Gasteiger partial charge in [0.05, 0.1) is 18.4 Å². The Morgan fingerprint density at radius 2 is 1.81 bits per heavy atom. The monoisotopic (exact) mass is 515 g/mol. The lowest BCUT2D eigenvalue weighted by Crippen LogP contribution is -2.24. The Hall–Kier alpha value is -4.24. The van der Waals surface area contributed by atoms with Crippen LogP contribution in [0.3, 0.4) is 0 Å². The molecule has 0 amide bonds. The van der Waals surface area contributed by atoms with Gasteiger partial charge in [-0.3, -0.25) is 4.40 Å². The minimum absolute atomic E-state index is 0.0475. The number of carbonyl (C=O) groups is 1. The van der Waals surface area contributed by atoms with Crippen molar-refractivity contribution < 1.29 is 23.8 Å². The van der Waals surface area contributed by atoms with Crippen LogP contribution in [-0.2, 0) is 11.2 Å². The average Bonchev–Trinajstić information content (AvgIpc) is 3.55. The van der Waals surface area contributed by atoms with Gasteiger partial charge >= 0.3 is 6.16 Å². The molecule has 37 heavy (non-hydrogen) atoms. The van der Waals surface area contributed by atoms with Crippen LogP contribution in [0.2, 0.25) is 0 Å². The fourth-order valence-electron chi connectivity index (χ4n) is 3.86. The van der Waals surface area contributed by atoms with Gasteiger partial charge in [0, 0.05) is 16.7 Å². The largest absolute Gasteiger partial charge is 0.506 e. The molecule has 5 aromatic rings. The normalized spacial score (nSPS) is 11.9. The van der Waals surface area contributed by atoms with Crippen LogP contribution in [0.5, 0.6) is 5.88 Å². The lowest BCUT2D eigenvalue weighted by Gasteiger charge is -2.16. The smallest absolute Gasteiger partial charge is 0.473 e. The van der Waals surface area contributed by atoms with Crippen molar-refractivity contribution >= 4 is 23.6 Å². The number of fused-ring (bicyclic) bond motifs is 1. The molecule has 3 aromatic heterocycles. The Morgan fingerprint density at radius 1 is 1.05 bits per heavy atom. The van der Waals surface area contributed by atoms with E-state index >= 15 is 0 Å². The maximum absolute atomic E-state index is 11.1. The first-order valence-electron chi connectivity index (χ1n) is 11.9. The number of hydrogen-bond acceptors (Lipinski definition) is 7. The highest BCUT2D eigenvalue weighted by atomic mass is 32.2. The van der Waals surface area contributed by atoms with E-state index in [2.05, 4.69) is 0 Å². The molecule has 1 unspecified atom stereocenters. The molecule has 2 aromatic carbocycles. The molecule has 1 atom stereocenters. The van der Waals surface area contributed by atoms with E-state index in [1.165, 1.54) is 11.8 Å². The standard InChI is InChI=1S/C28H25N3O5S/c1-2-20(36-28(32)33)18-35-27-23(16-21-12-9-15-34-21)29-25-26(37-22-13-7-4-8-14-22)30-24(17-31(25)27)19-10-5-3-6-11-19/h3-15,17,20H,2,16,18H2,1H3,(H,32,33). The lowest BCUT2D eigenvalue weighted by atomic mass is 10.2. The van der Waals surface area contributed by atoms with Crippen molar-refractivity contribution in [1.82, 2.24) is 14.4 Å². The van der Waals surface area contributed by atoms with Gasteiger partial charge < -0.3 is 19.0 Å². The van der Waals surface area contributed by atoms with Gasteiger partial charge in [0.2, 0.25) is 5.88 Å². The van der Waals surface area contributed by atoms with Crippen molar-refractivity contribution in [3.63, 3.8) is 0 Å². The van der Waals surface area contributed by atoms with Crippen molar-refractivity contribution in [3.8, 4) is 17.1 Å². The Bertz CT molecular complexity index is 1470. The summed E-state index contributed by atoms with van der Waals surface area (Å²) in [5.74, 6) is 1.23. The Kier molecular flexibility index (Phi) is 7.41. The fourth-order valence-corrected chi connectivity index (χ4v) is 4.75. The molecule has 3 heterocycles. The predicted octanol–water partition coefficient (Wildman–Crippen LogP) is 6.58. The zero-order valence-corrected chi connectivity index (χ0v) is 20.9. The van der Waals surface area contributed by atoms with Crippen LogP contribution in [0.25, 0.3) is 16.9 Å². The Labute approximate surface area is 217 Å². The SMILES string of the molecule is CCC(COc1c(Cc2ccco2)nc2c(Sc3ccccc3)nc(-c3ccccc3)cn12)OC(=O)O. The number of rotatable bonds is 10. The first kappa shape index (κ1) is 24.5. The van der Waals surface area contributed by atoms with Crippen LogP contribution in [0.4, 0.5) is 4.79 Å². The van der Waals surface area contributed by atoms with Gasteiger partial charge in [-0.1, -0.05) is 67.2 Å². The molecule has 0 radical (unpaired) electrons. The van der Waals surface area contributed by atoms with Crippen LogP contribution in [0.1, 0.15) is 24.8 Å². The molecule has 8 nitrogen and oxygen atoms in total. The minimum Gasteiger partial charge on any atom is -0.473 e. The number of imidazole rings is 1. The highest BCUT2D eigenvalue weighted by molar-refractivity contribution is 7.99. The molecule has 0 aliphatic rings. The van der Waals surface area contributed by atoms with E-state index in [-0.39, 0.29) is 6.61 Å². The molecule has 1 N–H and O–H groups in total. The van der Waals surface area contributed by atoms with Crippen LogP contribution in [0.15, 0.2) is 99.6 Å². The number of benzene rings is 2. The number of hydrogen-bond donors (Lipinski definition) is 1. The summed E-state index contributed by atoms with van der Waals surface area (Å²) in [6.07, 6.45) is 2.44. The maximum atomic E-state index is 11.1. The van der Waals surface area contributed by atoms with Crippen LogP contribution < -0.4 is 4.74 Å². The van der Waals surface area contributed by atoms with Gasteiger partial charge in [-0.25, -0.2) is 14.8 Å². The molecule has 0 spiro atoms. The maximum Gasteiger partial charge on any atom is 0.506 e. The molecule has 0 saturated carbocycles. The molecule has 0 aliphatic carbocycles. The number of ether oxygens (including phenoxy) is 2. The van der Waals surface area contributed by atoms with Gasteiger partial charge in [0.25, 0.3) is 0 Å². The summed E-state index contributed by atoms with van der Waals surface area (Å²) in [6.45, 7) is 1.90. The van der Waals surface area contributed by atoms with E-state index in [4.69, 9.17) is 29.0 Å². The third kappa shape index (κ3) is 5.78. The van der Waals surface area contributed by atoms with Crippen molar-refractivity contribution in [2.45, 2.75) is 35.8 Å². The molecule has 5 rings (SSSR count). The van der Waals surface area contributed by atoms with Crippen LogP contribution >= 0.6 is 11.8 Å². The van der Waals surface area contributed by atoms with Gasteiger partial charge in [-0.2, -0.15) is 0 Å². The number of aromatic nitrogens is 3. The molecule has 9 heteroatoms. The predicted molar refractivity (Wildman–Crippen MR) is 139 cm³/mol. The Morgan fingerprint density at radius 3 is 2.49 bits per heavy atom. The quantitative estimate of drug-likeness (QED) is 0.208. The van der Waals surface area contributed by atoms with Crippen LogP contribution in [0, 0.1) is 0 Å². The second-order valence-electron chi connectivity index (χ2n) is 8.25. The minimum atomic E-state index is -1.33. The highest BCUT2D eigenvalue weighted by Crippen LogP contribution is 2.35. The van der Waals surface area contributed by atoms with Crippen molar-refractivity contribution in [1.29, 1.82) is 0 Å². The molecule has 0 aliphatic heterocycles. The Balaban J connectivity index is 1.63. The van der Waals surface area contributed by atoms with Gasteiger partial charge in [-0.05, 0) is 30.7 Å². The zero-order valence-electron chi connectivity index (χ0n) is 20.1. The lowest BCUT2D eigenvalue weighted by molar-refractivity contribution is 0.0268. The zero-order chi connectivity index (χ0) is 25.6. The summed E-state index contributed by atoms with van der Waals surface area (Å²) in [5.41, 5.74) is 3.00. The summed E-state index contributed by atoms with van der Waals surface area (Å²) in [7, 11) is 0. The van der Waals surface area contributed by atoms with Crippen molar-refractivity contribution in [3.05, 3.63) is 96.7 Å². The highest BCUT2D eigenvalue weighted by Gasteiger charge is 2.22. The third-order valence-corrected chi connectivity index (χ3v) is 6.65. The van der Waals surface area contributed by atoms with E-state index in [9.17, 15) is 4.79 Å². The molecular formula is C28H25N3O5S. The third-order valence-electron chi connectivity index (χ3n) is 5.68. The first-order chi connectivity index (χ1) is 18.1. The second kappa shape index (κ2) is 11.2. The summed E-state index contributed by atoms with van der Waals surface area (Å²) >= 11 is 1.52. The summed E-state index contributed by atoms with van der Waals surface area (Å²) < 4.78 is 18.7. The topological polar surface area (TPSA) is 99.1 Å². The molecule has 0 bridgehead atoms. The van der Waals surface area contributed by atoms with Crippen LogP contribution in [-0.4, -0.2) is 38.3 Å². The number of nitrogens with zero attached hydrogens (tertiary/aromatic N) is 3. The van der Waals surface area contributed by atoms with Gasteiger partial charge in [0.1, 0.15) is 29.2 Å². The number of carboxylic acid groups (broad SMARTS) is 1. The summed E-state index contributed by atoms with van der Waals surface area (Å²) in [4.78, 5) is 22.0. The van der Waals surface area contributed by atoms with E-state index < -0.39 is 12.3 Å². The van der Waals surface area contributed by atoms with E-state index in [0.29, 0.717) is 30.1 Å². The average molecular weight is 516 g/mol.